The number of benzene rings is 1. The van der Waals surface area contributed by atoms with Gasteiger partial charge in [-0.1, -0.05) is 0 Å². The van der Waals surface area contributed by atoms with Crippen molar-refractivity contribution in [3.63, 3.8) is 0 Å². The van der Waals surface area contributed by atoms with Crippen LogP contribution in [0.25, 0.3) is 0 Å². The van der Waals surface area contributed by atoms with Gasteiger partial charge < -0.3 is 5.32 Å². The first-order valence-corrected chi connectivity index (χ1v) is 6.54. The maximum atomic E-state index is 13.6. The van der Waals surface area contributed by atoms with Crippen molar-refractivity contribution in [2.24, 2.45) is 11.8 Å². The van der Waals surface area contributed by atoms with Crippen LogP contribution in [-0.2, 0) is 6.54 Å². The fourth-order valence-corrected chi connectivity index (χ4v) is 3.35. The van der Waals surface area contributed by atoms with E-state index in [1.807, 2.05) is 0 Å². The molecule has 1 N–H and O–H groups in total. The summed E-state index contributed by atoms with van der Waals surface area (Å²) in [4.78, 5) is 2.27. The second-order valence-corrected chi connectivity index (χ2v) is 5.49. The first kappa shape index (κ1) is 12.1. The monoisotopic (exact) mass is 252 g/mol. The molecular formula is C14H18F2N2. The van der Waals surface area contributed by atoms with E-state index in [1.165, 1.54) is 18.2 Å². The van der Waals surface area contributed by atoms with Crippen molar-refractivity contribution in [3.05, 3.63) is 35.4 Å². The lowest BCUT2D eigenvalue weighted by Gasteiger charge is -2.24. The fraction of sp³-hybridized carbons (Fsp3) is 0.571. The van der Waals surface area contributed by atoms with E-state index in [-0.39, 0.29) is 11.6 Å². The summed E-state index contributed by atoms with van der Waals surface area (Å²) in [6.07, 6.45) is 0. The molecule has 0 bridgehead atoms. The summed E-state index contributed by atoms with van der Waals surface area (Å²) in [5.41, 5.74) is 0.467. The van der Waals surface area contributed by atoms with Gasteiger partial charge in [0.25, 0.3) is 0 Å². The van der Waals surface area contributed by atoms with Crippen LogP contribution in [0.2, 0.25) is 0 Å². The van der Waals surface area contributed by atoms with Gasteiger partial charge in [0.1, 0.15) is 11.6 Å². The van der Waals surface area contributed by atoms with E-state index in [1.54, 1.807) is 0 Å². The predicted molar refractivity (Wildman–Crippen MR) is 66.1 cm³/mol. The van der Waals surface area contributed by atoms with Crippen molar-refractivity contribution < 1.29 is 8.78 Å². The van der Waals surface area contributed by atoms with Gasteiger partial charge in [-0.05, 0) is 50.0 Å². The average molecular weight is 252 g/mol. The Hall–Kier alpha value is -1.00. The SMILES string of the molecule is CC1C2CNCC2CN1Cc1cc(F)ccc1F. The second kappa shape index (κ2) is 4.59. The fourth-order valence-electron chi connectivity index (χ4n) is 3.35. The van der Waals surface area contributed by atoms with Gasteiger partial charge in [0.05, 0.1) is 0 Å². The number of fused-ring (bicyclic) bond motifs is 1. The van der Waals surface area contributed by atoms with Gasteiger partial charge in [0.15, 0.2) is 0 Å². The molecule has 0 aliphatic carbocycles. The van der Waals surface area contributed by atoms with E-state index < -0.39 is 0 Å². The number of hydrogen-bond donors (Lipinski definition) is 1. The van der Waals surface area contributed by atoms with Crippen LogP contribution in [0.4, 0.5) is 8.78 Å². The van der Waals surface area contributed by atoms with Crippen molar-refractivity contribution in [2.45, 2.75) is 19.5 Å². The molecule has 2 fully saturated rings. The molecule has 0 aromatic heterocycles. The van der Waals surface area contributed by atoms with Crippen LogP contribution >= 0.6 is 0 Å². The quantitative estimate of drug-likeness (QED) is 0.866. The third kappa shape index (κ3) is 2.04. The van der Waals surface area contributed by atoms with Gasteiger partial charge in [-0.3, -0.25) is 4.90 Å². The number of hydrogen-bond acceptors (Lipinski definition) is 2. The summed E-state index contributed by atoms with van der Waals surface area (Å²) in [5, 5.41) is 3.40. The molecule has 18 heavy (non-hydrogen) atoms. The Kier molecular flexibility index (Phi) is 3.08. The van der Waals surface area contributed by atoms with E-state index >= 15 is 0 Å². The van der Waals surface area contributed by atoms with Crippen LogP contribution in [0, 0.1) is 23.5 Å². The molecule has 4 heteroatoms. The van der Waals surface area contributed by atoms with E-state index in [2.05, 4.69) is 17.1 Å². The van der Waals surface area contributed by atoms with Crippen LogP contribution in [0.3, 0.4) is 0 Å². The Labute approximate surface area is 106 Å². The summed E-state index contributed by atoms with van der Waals surface area (Å²) in [6.45, 7) is 5.78. The number of likely N-dealkylation sites (tertiary alicyclic amines) is 1. The summed E-state index contributed by atoms with van der Waals surface area (Å²) in [7, 11) is 0. The Morgan fingerprint density at radius 3 is 2.94 bits per heavy atom. The Bertz CT molecular complexity index is 449. The summed E-state index contributed by atoms with van der Waals surface area (Å²) < 4.78 is 26.8. The molecule has 3 unspecified atom stereocenters. The number of rotatable bonds is 2. The lowest BCUT2D eigenvalue weighted by molar-refractivity contribution is 0.228. The lowest BCUT2D eigenvalue weighted by Crippen LogP contribution is -2.33. The van der Waals surface area contributed by atoms with E-state index in [0.717, 1.165) is 19.6 Å². The molecule has 2 aliphatic rings. The highest BCUT2D eigenvalue weighted by molar-refractivity contribution is 5.19. The third-order valence-corrected chi connectivity index (χ3v) is 4.44. The largest absolute Gasteiger partial charge is 0.316 e. The Morgan fingerprint density at radius 2 is 2.17 bits per heavy atom. The van der Waals surface area contributed by atoms with Crippen molar-refractivity contribution >= 4 is 0 Å². The van der Waals surface area contributed by atoms with Gasteiger partial charge >= 0.3 is 0 Å². The van der Waals surface area contributed by atoms with Crippen molar-refractivity contribution in [3.8, 4) is 0 Å². The van der Waals surface area contributed by atoms with Gasteiger partial charge in [-0.2, -0.15) is 0 Å². The zero-order chi connectivity index (χ0) is 12.7. The van der Waals surface area contributed by atoms with Crippen LogP contribution in [0.15, 0.2) is 18.2 Å². The van der Waals surface area contributed by atoms with E-state index in [9.17, 15) is 8.78 Å². The van der Waals surface area contributed by atoms with Crippen molar-refractivity contribution in [1.82, 2.24) is 10.2 Å². The standard InChI is InChI=1S/C14H18F2N2/c1-9-13-6-17-5-11(13)8-18(9)7-10-4-12(15)2-3-14(10)16/h2-4,9,11,13,17H,5-8H2,1H3. The molecule has 2 saturated heterocycles. The van der Waals surface area contributed by atoms with Crippen LogP contribution in [0.5, 0.6) is 0 Å². The first-order valence-electron chi connectivity index (χ1n) is 6.54. The maximum absolute atomic E-state index is 13.6. The number of halogens is 2. The molecule has 0 radical (unpaired) electrons. The lowest BCUT2D eigenvalue weighted by atomic mass is 9.95. The minimum atomic E-state index is -0.361. The van der Waals surface area contributed by atoms with Gasteiger partial charge in [-0.25, -0.2) is 8.78 Å². The molecule has 1 aromatic rings. The molecular weight excluding hydrogens is 234 g/mol. The molecule has 2 aliphatic heterocycles. The molecule has 0 amide bonds. The molecule has 0 spiro atoms. The normalized spacial score (nSPS) is 31.8. The summed E-state index contributed by atoms with van der Waals surface area (Å²) in [6, 6.07) is 4.14. The Morgan fingerprint density at radius 1 is 1.33 bits per heavy atom. The Balaban J connectivity index is 1.75. The van der Waals surface area contributed by atoms with Crippen molar-refractivity contribution in [2.75, 3.05) is 19.6 Å². The van der Waals surface area contributed by atoms with Crippen LogP contribution < -0.4 is 5.32 Å². The zero-order valence-corrected chi connectivity index (χ0v) is 10.5. The van der Waals surface area contributed by atoms with E-state index in [4.69, 9.17) is 0 Å². The highest BCUT2D eigenvalue weighted by Gasteiger charge is 2.41. The molecule has 3 rings (SSSR count). The summed E-state index contributed by atoms with van der Waals surface area (Å²) >= 11 is 0. The van der Waals surface area contributed by atoms with Gasteiger partial charge in [-0.15, -0.1) is 0 Å². The molecule has 0 saturated carbocycles. The van der Waals surface area contributed by atoms with Crippen LogP contribution in [-0.4, -0.2) is 30.6 Å². The zero-order valence-electron chi connectivity index (χ0n) is 10.5. The number of nitrogens with one attached hydrogen (secondary N) is 1. The maximum Gasteiger partial charge on any atom is 0.127 e. The minimum absolute atomic E-state index is 0.307. The average Bonchev–Trinajstić information content (AvgIpc) is 2.89. The number of nitrogens with zero attached hydrogens (tertiary/aromatic N) is 1. The third-order valence-electron chi connectivity index (χ3n) is 4.44. The highest BCUT2D eigenvalue weighted by atomic mass is 19.1. The molecule has 98 valence electrons. The highest BCUT2D eigenvalue weighted by Crippen LogP contribution is 2.33. The molecule has 1 aromatic carbocycles. The molecule has 2 heterocycles. The second-order valence-electron chi connectivity index (χ2n) is 5.49. The topological polar surface area (TPSA) is 15.3 Å². The van der Waals surface area contributed by atoms with Crippen molar-refractivity contribution in [1.29, 1.82) is 0 Å². The van der Waals surface area contributed by atoms with E-state index in [0.29, 0.717) is 30.0 Å². The first-order chi connectivity index (χ1) is 8.65. The minimum Gasteiger partial charge on any atom is -0.316 e. The smallest absolute Gasteiger partial charge is 0.127 e. The van der Waals surface area contributed by atoms with Gasteiger partial charge in [0.2, 0.25) is 0 Å². The predicted octanol–water partition coefficient (Wildman–Crippen LogP) is 2.00. The van der Waals surface area contributed by atoms with Crippen LogP contribution in [0.1, 0.15) is 12.5 Å². The molecule has 3 atom stereocenters. The molecule has 2 nitrogen and oxygen atoms in total. The summed E-state index contributed by atoms with van der Waals surface area (Å²) in [5.74, 6) is 0.650. The van der Waals surface area contributed by atoms with Gasteiger partial charge in [0, 0.05) is 24.7 Å².